The van der Waals surface area contributed by atoms with Crippen LogP contribution in [-0.4, -0.2) is 25.8 Å². The highest BCUT2D eigenvalue weighted by molar-refractivity contribution is 9.10. The molecule has 0 aliphatic carbocycles. The first-order valence-electron chi connectivity index (χ1n) is 5.98. The second kappa shape index (κ2) is 6.72. The molecule has 1 aromatic carbocycles. The van der Waals surface area contributed by atoms with E-state index in [1.807, 2.05) is 6.07 Å². The van der Waals surface area contributed by atoms with E-state index in [0.717, 1.165) is 9.04 Å². The van der Waals surface area contributed by atoms with E-state index in [1.165, 1.54) is 6.26 Å². The minimum absolute atomic E-state index is 0.00280. The van der Waals surface area contributed by atoms with Crippen LogP contribution in [0.5, 0.6) is 0 Å². The summed E-state index contributed by atoms with van der Waals surface area (Å²) < 4.78 is 13.0. The van der Waals surface area contributed by atoms with Crippen LogP contribution < -0.4 is 11.2 Å². The maximum Gasteiger partial charge on any atom is 0.329 e. The monoisotopic (exact) mass is 390 g/mol. The average molecular weight is 392 g/mol. The summed E-state index contributed by atoms with van der Waals surface area (Å²) in [5.41, 5.74) is -0.275. The minimum Gasteiger partial charge on any atom is -0.297 e. The molecule has 1 atom stereocenters. The van der Waals surface area contributed by atoms with Gasteiger partial charge in [-0.1, -0.05) is 39.7 Å². The molecule has 8 heteroatoms. The third kappa shape index (κ3) is 3.72. The highest BCUT2D eigenvalue weighted by Gasteiger charge is 2.15. The average Bonchev–Trinajstić information content (AvgIpc) is 2.37. The molecule has 0 saturated carbocycles. The zero-order valence-electron chi connectivity index (χ0n) is 11.1. The highest BCUT2D eigenvalue weighted by atomic mass is 79.9. The van der Waals surface area contributed by atoms with Crippen LogP contribution in [-0.2, 0) is 17.3 Å². The van der Waals surface area contributed by atoms with Crippen LogP contribution in [0.15, 0.2) is 38.3 Å². The Balaban J connectivity index is 2.62. The first-order chi connectivity index (χ1) is 9.90. The van der Waals surface area contributed by atoms with Crippen LogP contribution in [0.25, 0.3) is 11.1 Å². The van der Waals surface area contributed by atoms with Crippen molar-refractivity contribution in [1.82, 2.24) is 9.55 Å². The highest BCUT2D eigenvalue weighted by Crippen LogP contribution is 2.24. The van der Waals surface area contributed by atoms with E-state index >= 15 is 0 Å². The molecule has 0 bridgehead atoms. The van der Waals surface area contributed by atoms with Crippen molar-refractivity contribution in [3.05, 3.63) is 54.7 Å². The molecule has 0 radical (unpaired) electrons. The Morgan fingerprint density at radius 1 is 1.38 bits per heavy atom. The second-order valence-electron chi connectivity index (χ2n) is 4.36. The van der Waals surface area contributed by atoms with Gasteiger partial charge in [-0.15, -0.1) is 0 Å². The Kier molecular flexibility index (Phi) is 5.18. The molecular weight excluding hydrogens is 380 g/mol. The first kappa shape index (κ1) is 16.2. The molecule has 1 heterocycles. The first-order valence-corrected chi connectivity index (χ1v) is 8.88. The lowest BCUT2D eigenvalue weighted by molar-refractivity contribution is 0.656. The predicted molar refractivity (Wildman–Crippen MR) is 88.4 cm³/mol. The van der Waals surface area contributed by atoms with Gasteiger partial charge in [-0.3, -0.25) is 18.6 Å². The third-order valence-electron chi connectivity index (χ3n) is 2.86. The molecule has 0 fully saturated rings. The standard InChI is InChI=1S/C13H12BrClN2O3S/c1-21(20)6-5-17-12(18)10(11(15)16-13(17)19)8-3-2-4-9(14)7-8/h2-4,7H,5-6H2,1H3,(H,16,19). The molecule has 1 aromatic heterocycles. The summed E-state index contributed by atoms with van der Waals surface area (Å²) in [6.07, 6.45) is 1.52. The van der Waals surface area contributed by atoms with Crippen molar-refractivity contribution < 1.29 is 4.21 Å². The van der Waals surface area contributed by atoms with Gasteiger partial charge in [-0.2, -0.15) is 0 Å². The molecular formula is C13H12BrClN2O3S. The Hall–Kier alpha value is -1.18. The molecule has 112 valence electrons. The SMILES string of the molecule is CS(=O)CCn1c(=O)[nH]c(Cl)c(-c2cccc(Br)c2)c1=O. The molecule has 2 rings (SSSR count). The number of nitrogens with zero attached hydrogens (tertiary/aromatic N) is 1. The van der Waals surface area contributed by atoms with Crippen molar-refractivity contribution in [2.24, 2.45) is 0 Å². The lowest BCUT2D eigenvalue weighted by atomic mass is 10.1. The Morgan fingerprint density at radius 3 is 2.71 bits per heavy atom. The van der Waals surface area contributed by atoms with Crippen molar-refractivity contribution in [2.75, 3.05) is 12.0 Å². The number of H-pyrrole nitrogens is 1. The van der Waals surface area contributed by atoms with Gasteiger partial charge in [0, 0.05) is 33.8 Å². The molecule has 0 amide bonds. The zero-order chi connectivity index (χ0) is 15.6. The van der Waals surface area contributed by atoms with E-state index in [1.54, 1.807) is 18.2 Å². The van der Waals surface area contributed by atoms with E-state index in [-0.39, 0.29) is 23.0 Å². The van der Waals surface area contributed by atoms with Gasteiger partial charge in [-0.05, 0) is 17.7 Å². The van der Waals surface area contributed by atoms with Crippen molar-refractivity contribution >= 4 is 38.3 Å². The molecule has 1 N–H and O–H groups in total. The van der Waals surface area contributed by atoms with E-state index in [4.69, 9.17) is 11.6 Å². The molecule has 2 aromatic rings. The van der Waals surface area contributed by atoms with Crippen molar-refractivity contribution in [3.8, 4) is 11.1 Å². The van der Waals surface area contributed by atoms with Gasteiger partial charge in [-0.25, -0.2) is 4.79 Å². The van der Waals surface area contributed by atoms with Gasteiger partial charge < -0.3 is 0 Å². The van der Waals surface area contributed by atoms with E-state index < -0.39 is 22.0 Å². The van der Waals surface area contributed by atoms with Gasteiger partial charge in [0.15, 0.2) is 0 Å². The molecule has 1 unspecified atom stereocenters. The lowest BCUT2D eigenvalue weighted by Gasteiger charge is -2.09. The molecule has 0 spiro atoms. The number of aromatic amines is 1. The maximum absolute atomic E-state index is 12.5. The maximum atomic E-state index is 12.5. The summed E-state index contributed by atoms with van der Waals surface area (Å²) in [4.78, 5) is 26.8. The Bertz CT molecular complexity index is 816. The summed E-state index contributed by atoms with van der Waals surface area (Å²) in [6.45, 7) is 0.0788. The number of aromatic nitrogens is 2. The van der Waals surface area contributed by atoms with Crippen molar-refractivity contribution in [3.63, 3.8) is 0 Å². The fourth-order valence-electron chi connectivity index (χ4n) is 1.86. The fourth-order valence-corrected chi connectivity index (χ4v) is 2.97. The van der Waals surface area contributed by atoms with E-state index in [0.29, 0.717) is 5.56 Å². The minimum atomic E-state index is -1.10. The molecule has 0 aliphatic rings. The number of benzene rings is 1. The largest absolute Gasteiger partial charge is 0.329 e. The molecule has 21 heavy (non-hydrogen) atoms. The quantitative estimate of drug-likeness (QED) is 0.810. The molecule has 0 saturated heterocycles. The normalized spacial score (nSPS) is 12.3. The molecule has 0 aliphatic heterocycles. The van der Waals surface area contributed by atoms with Gasteiger partial charge in [0.25, 0.3) is 5.56 Å². The lowest BCUT2D eigenvalue weighted by Crippen LogP contribution is -2.37. The van der Waals surface area contributed by atoms with Crippen LogP contribution in [0.2, 0.25) is 5.15 Å². The molecule has 5 nitrogen and oxygen atoms in total. The smallest absolute Gasteiger partial charge is 0.297 e. The van der Waals surface area contributed by atoms with Crippen molar-refractivity contribution in [1.29, 1.82) is 0 Å². The van der Waals surface area contributed by atoms with Crippen LogP contribution in [0.1, 0.15) is 0 Å². The number of rotatable bonds is 4. The topological polar surface area (TPSA) is 71.9 Å². The third-order valence-corrected chi connectivity index (χ3v) is 4.39. The summed E-state index contributed by atoms with van der Waals surface area (Å²) >= 11 is 9.34. The number of hydrogen-bond donors (Lipinski definition) is 1. The number of hydrogen-bond acceptors (Lipinski definition) is 3. The zero-order valence-corrected chi connectivity index (χ0v) is 14.2. The number of nitrogens with one attached hydrogen (secondary N) is 1. The van der Waals surface area contributed by atoms with Gasteiger partial charge in [0.2, 0.25) is 0 Å². The number of halogens is 2. The van der Waals surface area contributed by atoms with Crippen LogP contribution in [0.3, 0.4) is 0 Å². The van der Waals surface area contributed by atoms with Gasteiger partial charge in [0.05, 0.1) is 5.56 Å². The van der Waals surface area contributed by atoms with Crippen molar-refractivity contribution in [2.45, 2.75) is 6.54 Å². The van der Waals surface area contributed by atoms with E-state index in [9.17, 15) is 13.8 Å². The predicted octanol–water partition coefficient (Wildman–Crippen LogP) is 2.00. The van der Waals surface area contributed by atoms with E-state index in [2.05, 4.69) is 20.9 Å². The second-order valence-corrected chi connectivity index (χ2v) is 7.21. The summed E-state index contributed by atoms with van der Waals surface area (Å²) in [5, 5.41) is -0.00280. The fraction of sp³-hybridized carbons (Fsp3) is 0.231. The Morgan fingerprint density at radius 2 is 2.10 bits per heavy atom. The Labute approximate surface area is 136 Å². The summed E-state index contributed by atoms with van der Waals surface area (Å²) in [6, 6.07) is 7.06. The summed E-state index contributed by atoms with van der Waals surface area (Å²) in [5.74, 6) is 0.225. The van der Waals surface area contributed by atoms with Crippen LogP contribution in [0, 0.1) is 0 Å². The van der Waals surface area contributed by atoms with Crippen LogP contribution in [0.4, 0.5) is 0 Å². The van der Waals surface area contributed by atoms with Crippen LogP contribution >= 0.6 is 27.5 Å². The summed E-state index contributed by atoms with van der Waals surface area (Å²) in [7, 11) is -1.10. The van der Waals surface area contributed by atoms with Gasteiger partial charge in [0.1, 0.15) is 5.15 Å². The van der Waals surface area contributed by atoms with Gasteiger partial charge >= 0.3 is 5.69 Å².